The average molecular weight is 556 g/mol. The molecular formula is C32H52N2Zr. The molecule has 0 amide bonds. The van der Waals surface area contributed by atoms with E-state index in [-0.39, 0.29) is 48.5 Å². The number of benzene rings is 2. The van der Waals surface area contributed by atoms with Crippen LogP contribution >= 0.6 is 0 Å². The maximum atomic E-state index is 5.35. The molecule has 194 valence electrons. The van der Waals surface area contributed by atoms with Crippen LogP contribution in [0, 0.1) is 22.3 Å². The summed E-state index contributed by atoms with van der Waals surface area (Å²) in [6.45, 7) is 24.5. The molecule has 0 atom stereocenters. The first-order valence-corrected chi connectivity index (χ1v) is 11.9. The van der Waals surface area contributed by atoms with Gasteiger partial charge in [-0.25, -0.2) is 0 Å². The van der Waals surface area contributed by atoms with Crippen molar-refractivity contribution in [2.24, 2.45) is 4.99 Å². The van der Waals surface area contributed by atoms with Crippen LogP contribution in [0.2, 0.25) is 0 Å². The van der Waals surface area contributed by atoms with Gasteiger partial charge in [0.1, 0.15) is 0 Å². The Morgan fingerprint density at radius 3 is 1.29 bits per heavy atom. The smallest absolute Gasteiger partial charge is 0.674 e. The maximum absolute atomic E-state index is 5.35. The van der Waals surface area contributed by atoms with E-state index in [0.29, 0.717) is 23.7 Å². The molecule has 35 heavy (non-hydrogen) atoms. The second-order valence-electron chi connectivity index (χ2n) is 10.6. The van der Waals surface area contributed by atoms with Gasteiger partial charge in [-0.15, -0.1) is 5.69 Å². The van der Waals surface area contributed by atoms with Crippen LogP contribution in [0.15, 0.2) is 41.4 Å². The van der Waals surface area contributed by atoms with E-state index in [2.05, 4.69) is 113 Å². The zero-order valence-corrected chi connectivity index (χ0v) is 27.6. The Morgan fingerprint density at radius 2 is 0.971 bits per heavy atom. The van der Waals surface area contributed by atoms with Crippen molar-refractivity contribution in [3.05, 3.63) is 86.2 Å². The van der Waals surface area contributed by atoms with Crippen LogP contribution in [-0.2, 0) is 26.2 Å². The van der Waals surface area contributed by atoms with Crippen molar-refractivity contribution >= 4 is 17.1 Å². The van der Waals surface area contributed by atoms with Crippen molar-refractivity contribution in [1.82, 2.24) is 0 Å². The summed E-state index contributed by atoms with van der Waals surface area (Å²) in [4.78, 5) is 5.24. The van der Waals surface area contributed by atoms with Gasteiger partial charge in [-0.2, -0.15) is 0 Å². The van der Waals surface area contributed by atoms with Gasteiger partial charge in [0, 0.05) is 5.71 Å². The number of hydrogen-bond acceptors (Lipinski definition) is 1. The van der Waals surface area contributed by atoms with Gasteiger partial charge in [-0.1, -0.05) is 122 Å². The van der Waals surface area contributed by atoms with Gasteiger partial charge in [0.2, 0.25) is 0 Å². The number of aliphatic imine (C=N–C) groups is 1. The van der Waals surface area contributed by atoms with Crippen molar-refractivity contribution in [3.63, 3.8) is 0 Å². The Balaban J connectivity index is -0.00000256. The molecule has 0 aromatic heterocycles. The molecule has 0 aliphatic heterocycles. The fraction of sp³-hybridized carbons (Fsp3) is 0.500. The Bertz CT molecular complexity index is 869. The summed E-state index contributed by atoms with van der Waals surface area (Å²) in [5.41, 5.74) is 8.19. The van der Waals surface area contributed by atoms with E-state index in [9.17, 15) is 0 Å². The van der Waals surface area contributed by atoms with E-state index >= 15 is 0 Å². The van der Waals surface area contributed by atoms with Crippen molar-refractivity contribution in [2.45, 2.75) is 105 Å². The van der Waals surface area contributed by atoms with Crippen molar-refractivity contribution in [3.8, 4) is 0 Å². The fourth-order valence-electron chi connectivity index (χ4n) is 3.95. The molecule has 2 aromatic carbocycles. The number of hydrogen-bond donors (Lipinski definition) is 0. The number of para-hydroxylation sites is 2. The van der Waals surface area contributed by atoms with Gasteiger partial charge in [0.15, 0.2) is 0 Å². The molecule has 0 aliphatic carbocycles. The molecule has 0 saturated heterocycles. The summed E-state index contributed by atoms with van der Waals surface area (Å²) in [5, 5.41) is 5.35. The van der Waals surface area contributed by atoms with Gasteiger partial charge in [-0.05, 0) is 41.7 Å². The van der Waals surface area contributed by atoms with Gasteiger partial charge in [-0.3, -0.25) is 4.99 Å². The fourth-order valence-corrected chi connectivity index (χ4v) is 3.95. The van der Waals surface area contributed by atoms with Gasteiger partial charge in [0.25, 0.3) is 0 Å². The minimum atomic E-state index is -0.396. The molecule has 0 spiro atoms. The molecule has 2 rings (SSSR count). The van der Waals surface area contributed by atoms with E-state index in [1.165, 1.54) is 22.3 Å². The number of rotatable bonds is 8. The van der Waals surface area contributed by atoms with Crippen LogP contribution in [0.4, 0.5) is 11.4 Å². The summed E-state index contributed by atoms with van der Waals surface area (Å²) < 4.78 is 0. The summed E-state index contributed by atoms with van der Waals surface area (Å²) in [6, 6.07) is 13.2. The summed E-state index contributed by atoms with van der Waals surface area (Å²) in [7, 11) is 0. The van der Waals surface area contributed by atoms with Crippen LogP contribution in [0.1, 0.15) is 122 Å². The third-order valence-corrected chi connectivity index (χ3v) is 6.24. The molecule has 0 fully saturated rings. The van der Waals surface area contributed by atoms with Crippen molar-refractivity contribution in [1.29, 1.82) is 0 Å². The van der Waals surface area contributed by atoms with E-state index in [1.807, 2.05) is 0 Å². The molecule has 0 bridgehead atoms. The van der Waals surface area contributed by atoms with Crippen molar-refractivity contribution in [2.75, 3.05) is 0 Å². The minimum absolute atomic E-state index is 0. The average Bonchev–Trinajstić information content (AvgIpc) is 2.67. The summed E-state index contributed by atoms with van der Waals surface area (Å²) in [6.07, 6.45) is 0. The zero-order chi connectivity index (χ0) is 23.5. The molecule has 0 unspecified atom stereocenters. The largest absolute Gasteiger partial charge is 4.00 e. The van der Waals surface area contributed by atoms with Crippen molar-refractivity contribution < 1.29 is 26.2 Å². The molecule has 2 nitrogen and oxygen atoms in total. The Kier molecular flexibility index (Phi) is 17.3. The predicted molar refractivity (Wildman–Crippen MR) is 158 cm³/mol. The number of nitrogens with zero attached hydrogens (tertiary/aromatic N) is 2. The first kappa shape index (κ1) is 38.3. The second kappa shape index (κ2) is 15.8. The Labute approximate surface area is 238 Å². The van der Waals surface area contributed by atoms with Crippen LogP contribution in [0.25, 0.3) is 5.32 Å². The second-order valence-corrected chi connectivity index (χ2v) is 10.6. The first-order valence-electron chi connectivity index (χ1n) is 11.9. The first-order chi connectivity index (χ1) is 14.4. The maximum Gasteiger partial charge on any atom is 4.00 e. The van der Waals surface area contributed by atoms with Crippen LogP contribution in [0.3, 0.4) is 0 Å². The quantitative estimate of drug-likeness (QED) is 0.229. The van der Waals surface area contributed by atoms with Crippen LogP contribution in [-0.4, -0.2) is 11.3 Å². The van der Waals surface area contributed by atoms with E-state index < -0.39 is 5.54 Å². The summed E-state index contributed by atoms with van der Waals surface area (Å²) in [5.74, 6) is 1.72. The molecule has 3 heteroatoms. The SMILES string of the molecule is CC(=Nc1c(C(C)C)cccc1C(C)C)C(C)(C)[N-]c1c(C(C)C)cccc1C(C)C.[CH3-].[CH3-].[CH3-].[Zr+4]. The molecule has 0 heterocycles. The van der Waals surface area contributed by atoms with Gasteiger partial charge >= 0.3 is 26.2 Å². The summed E-state index contributed by atoms with van der Waals surface area (Å²) >= 11 is 0. The van der Waals surface area contributed by atoms with E-state index in [1.54, 1.807) is 0 Å². The topological polar surface area (TPSA) is 26.5 Å². The molecule has 2 aromatic rings. The molecular weight excluding hydrogens is 504 g/mol. The van der Waals surface area contributed by atoms with Crippen LogP contribution < -0.4 is 0 Å². The molecule has 0 radical (unpaired) electrons. The van der Waals surface area contributed by atoms with Gasteiger partial charge in [0.05, 0.1) is 5.69 Å². The zero-order valence-electron chi connectivity index (χ0n) is 25.2. The van der Waals surface area contributed by atoms with E-state index in [4.69, 9.17) is 10.3 Å². The molecule has 0 saturated carbocycles. The van der Waals surface area contributed by atoms with Gasteiger partial charge < -0.3 is 27.6 Å². The molecule has 0 N–H and O–H groups in total. The minimum Gasteiger partial charge on any atom is -0.674 e. The third kappa shape index (κ3) is 9.31. The monoisotopic (exact) mass is 554 g/mol. The standard InChI is InChI=1S/C29H43N2.3CH3.Zr/c1-18(2)23-14-12-15-24(19(3)4)27(23)30-22(9)29(10,11)31-28-25(20(5)6)16-13-17-26(28)21(7)8;;;;/h12-21H,1-11H3;3*1H3;/q4*-1;+4. The van der Waals surface area contributed by atoms with Crippen LogP contribution in [0.5, 0.6) is 0 Å². The normalized spacial score (nSPS) is 11.6. The third-order valence-electron chi connectivity index (χ3n) is 6.24. The Hall–Kier alpha value is -1.21. The Morgan fingerprint density at radius 1 is 0.657 bits per heavy atom. The molecule has 0 aliphatic rings. The predicted octanol–water partition coefficient (Wildman–Crippen LogP) is 11.1. The van der Waals surface area contributed by atoms with E-state index in [0.717, 1.165) is 17.1 Å².